The van der Waals surface area contributed by atoms with Crippen molar-refractivity contribution in [2.45, 2.75) is 84.5 Å². The number of amides is 1. The van der Waals surface area contributed by atoms with Gasteiger partial charge in [-0.1, -0.05) is 32.0 Å². The number of hydrogen-bond acceptors (Lipinski definition) is 8. The lowest BCUT2D eigenvalue weighted by Gasteiger charge is -2.26. The van der Waals surface area contributed by atoms with Gasteiger partial charge in [0.15, 0.2) is 5.65 Å². The number of nitrogens with one attached hydrogen (secondary N) is 3. The van der Waals surface area contributed by atoms with E-state index in [-0.39, 0.29) is 29.2 Å². The highest BCUT2D eigenvalue weighted by Gasteiger charge is 2.22. The molecule has 0 spiro atoms. The fraction of sp³-hybridized carbons (Fsp3) is 0.421. The smallest absolute Gasteiger partial charge is 0.251 e. The fourth-order valence-corrected chi connectivity index (χ4v) is 6.86. The number of aliphatic hydroxyl groups is 1. The number of carbonyl (C=O) groups is 1. The molecule has 0 radical (unpaired) electrons. The lowest BCUT2D eigenvalue weighted by Crippen LogP contribution is -2.30. The highest BCUT2D eigenvalue weighted by molar-refractivity contribution is 5.95. The first-order valence-corrected chi connectivity index (χ1v) is 17.4. The van der Waals surface area contributed by atoms with Crippen LogP contribution in [0.2, 0.25) is 0 Å². The zero-order valence-corrected chi connectivity index (χ0v) is 28.5. The lowest BCUT2D eigenvalue weighted by molar-refractivity contribution is 0.0904. The monoisotopic (exact) mass is 666 g/mol. The number of aliphatic hydroxyl groups excluding tert-OH is 1. The Kier molecular flexibility index (Phi) is 10.6. The number of phenolic OH excluding ortho intramolecular Hbond substituents is 1. The number of aromatic nitrogens is 4. The van der Waals surface area contributed by atoms with Gasteiger partial charge in [-0.05, 0) is 86.8 Å². The molecule has 3 aromatic heterocycles. The average molecular weight is 667 g/mol. The largest absolute Gasteiger partial charge is 0.506 e. The van der Waals surface area contributed by atoms with Crippen molar-refractivity contribution in [2.75, 3.05) is 18.5 Å². The molecule has 5 N–H and O–H groups in total. The standard InChI is InChI=1S/C38H46N6O5/c1-4-31-29(35(41-26-15-17-49-18-16-26)30-22-40-44(5-2)37(30)42-31)21-39-38(48)25-8-6-7-24(20-25)19-23(3)9-12-32(45)27-10-13-33(46)36-28(27)11-14-34(47)43-36/h6-8,10-11,13-14,20,22-23,26,32,45-46H,4-5,9,12,15-19,21H2,1-3H3,(H,39,48)(H,41,42)(H,43,47)/t23?,32-/m1/s1. The number of anilines is 1. The molecule has 1 amide bonds. The number of H-pyrrole nitrogens is 1. The summed E-state index contributed by atoms with van der Waals surface area (Å²) in [6.45, 7) is 8.79. The summed E-state index contributed by atoms with van der Waals surface area (Å²) in [5.74, 6) is 0.0649. The molecule has 1 saturated heterocycles. The number of nitrogens with zero attached hydrogens (tertiary/aromatic N) is 3. The molecule has 0 saturated carbocycles. The van der Waals surface area contributed by atoms with Crippen LogP contribution in [0.1, 0.15) is 85.3 Å². The number of phenols is 1. The molecule has 11 heteroatoms. The van der Waals surface area contributed by atoms with Gasteiger partial charge in [-0.25, -0.2) is 9.67 Å². The molecule has 2 atom stereocenters. The highest BCUT2D eigenvalue weighted by Crippen LogP contribution is 2.33. The van der Waals surface area contributed by atoms with Crippen LogP contribution < -0.4 is 16.2 Å². The number of aromatic hydroxyl groups is 1. The number of aromatic amines is 1. The van der Waals surface area contributed by atoms with Crippen molar-refractivity contribution in [1.29, 1.82) is 0 Å². The molecule has 1 aliphatic rings. The molecule has 6 rings (SSSR count). The summed E-state index contributed by atoms with van der Waals surface area (Å²) in [5.41, 5.74) is 6.11. The zero-order valence-electron chi connectivity index (χ0n) is 28.5. The van der Waals surface area contributed by atoms with Crippen molar-refractivity contribution in [3.63, 3.8) is 0 Å². The second kappa shape index (κ2) is 15.2. The molecule has 2 aromatic carbocycles. The molecular weight excluding hydrogens is 620 g/mol. The van der Waals surface area contributed by atoms with Crippen molar-refractivity contribution < 1.29 is 19.7 Å². The van der Waals surface area contributed by atoms with Crippen molar-refractivity contribution in [1.82, 2.24) is 25.1 Å². The van der Waals surface area contributed by atoms with Gasteiger partial charge in [-0.2, -0.15) is 5.10 Å². The topological polar surface area (TPSA) is 154 Å². The minimum absolute atomic E-state index is 0.0273. The molecule has 4 heterocycles. The van der Waals surface area contributed by atoms with E-state index in [1.165, 1.54) is 12.1 Å². The van der Waals surface area contributed by atoms with Crippen LogP contribution >= 0.6 is 0 Å². The Morgan fingerprint density at radius 1 is 1.10 bits per heavy atom. The summed E-state index contributed by atoms with van der Waals surface area (Å²) in [6.07, 6.45) is 5.68. The van der Waals surface area contributed by atoms with E-state index in [9.17, 15) is 19.8 Å². The van der Waals surface area contributed by atoms with Gasteiger partial charge in [-0.15, -0.1) is 0 Å². The summed E-state index contributed by atoms with van der Waals surface area (Å²) >= 11 is 0. The number of carbonyl (C=O) groups excluding carboxylic acids is 1. The summed E-state index contributed by atoms with van der Waals surface area (Å²) in [5, 5.41) is 34.3. The Hall–Kier alpha value is -4.74. The lowest BCUT2D eigenvalue weighted by atomic mass is 9.92. The van der Waals surface area contributed by atoms with Crippen LogP contribution in [0, 0.1) is 5.92 Å². The van der Waals surface area contributed by atoms with Crippen LogP contribution in [0.5, 0.6) is 5.75 Å². The van der Waals surface area contributed by atoms with E-state index in [4.69, 9.17) is 9.72 Å². The van der Waals surface area contributed by atoms with Gasteiger partial charge in [0, 0.05) is 60.6 Å². The first kappa shape index (κ1) is 34.1. The summed E-state index contributed by atoms with van der Waals surface area (Å²) in [6, 6.07) is 14.2. The Morgan fingerprint density at radius 3 is 2.69 bits per heavy atom. The van der Waals surface area contributed by atoms with Crippen LogP contribution in [0.25, 0.3) is 21.9 Å². The van der Waals surface area contributed by atoms with Crippen molar-refractivity contribution in [3.8, 4) is 5.75 Å². The van der Waals surface area contributed by atoms with Crippen LogP contribution in [0.15, 0.2) is 59.5 Å². The van der Waals surface area contributed by atoms with Crippen LogP contribution in [-0.4, -0.2) is 55.1 Å². The number of ether oxygens (including phenoxy) is 1. The van der Waals surface area contributed by atoms with Crippen molar-refractivity contribution in [3.05, 3.63) is 93.0 Å². The maximum atomic E-state index is 13.5. The summed E-state index contributed by atoms with van der Waals surface area (Å²) in [4.78, 5) is 32.9. The Balaban J connectivity index is 1.12. The van der Waals surface area contributed by atoms with Gasteiger partial charge >= 0.3 is 0 Å². The molecule has 11 nitrogen and oxygen atoms in total. The molecule has 0 aliphatic carbocycles. The van der Waals surface area contributed by atoms with Gasteiger partial charge in [0.05, 0.1) is 28.9 Å². The first-order chi connectivity index (χ1) is 23.7. The summed E-state index contributed by atoms with van der Waals surface area (Å²) < 4.78 is 7.51. The highest BCUT2D eigenvalue weighted by atomic mass is 16.5. The number of benzene rings is 2. The number of fused-ring (bicyclic) bond motifs is 2. The van der Waals surface area contributed by atoms with E-state index in [2.05, 4.69) is 41.5 Å². The molecule has 49 heavy (non-hydrogen) atoms. The Labute approximate surface area is 285 Å². The first-order valence-electron chi connectivity index (χ1n) is 17.4. The van der Waals surface area contributed by atoms with E-state index >= 15 is 0 Å². The molecule has 1 unspecified atom stereocenters. The predicted octanol–water partition coefficient (Wildman–Crippen LogP) is 5.77. The predicted molar refractivity (Wildman–Crippen MR) is 191 cm³/mol. The second-order valence-electron chi connectivity index (χ2n) is 13.1. The van der Waals surface area contributed by atoms with Gasteiger partial charge in [0.2, 0.25) is 5.56 Å². The van der Waals surface area contributed by atoms with Crippen molar-refractivity contribution >= 4 is 33.5 Å². The quantitative estimate of drug-likeness (QED) is 0.106. The molecule has 0 bridgehead atoms. The molecule has 5 aromatic rings. The molecule has 1 fully saturated rings. The normalized spacial score (nSPS) is 15.0. The van der Waals surface area contributed by atoms with E-state index < -0.39 is 6.10 Å². The number of pyridine rings is 2. The van der Waals surface area contributed by atoms with E-state index in [1.807, 2.05) is 35.1 Å². The second-order valence-corrected chi connectivity index (χ2v) is 13.1. The van der Waals surface area contributed by atoms with E-state index in [0.717, 1.165) is 85.4 Å². The maximum Gasteiger partial charge on any atom is 0.251 e. The summed E-state index contributed by atoms with van der Waals surface area (Å²) in [7, 11) is 0. The van der Waals surface area contributed by atoms with Crippen molar-refractivity contribution in [2.24, 2.45) is 5.92 Å². The maximum absolute atomic E-state index is 13.5. The number of rotatable bonds is 13. The number of hydrogen-bond donors (Lipinski definition) is 5. The Bertz CT molecular complexity index is 2000. The van der Waals surface area contributed by atoms with Gasteiger partial charge in [-0.3, -0.25) is 9.59 Å². The third-order valence-corrected chi connectivity index (χ3v) is 9.57. The van der Waals surface area contributed by atoms with Gasteiger partial charge < -0.3 is 30.6 Å². The number of aryl methyl sites for hydroxylation is 2. The fourth-order valence-electron chi connectivity index (χ4n) is 6.86. The van der Waals surface area contributed by atoms with Gasteiger partial charge in [0.25, 0.3) is 5.91 Å². The minimum atomic E-state index is -0.752. The SMILES string of the molecule is CCc1nc2c(cnn2CC)c(NC2CCOCC2)c1CNC(=O)c1cccc(CC(C)CC[C@@H](O)c2ccc(O)c3[nH]c(=O)ccc23)c1. The van der Waals surface area contributed by atoms with Crippen LogP contribution in [0.3, 0.4) is 0 Å². The van der Waals surface area contributed by atoms with Gasteiger partial charge in [0.1, 0.15) is 5.75 Å². The third kappa shape index (κ3) is 7.63. The minimum Gasteiger partial charge on any atom is -0.506 e. The molecular formula is C38H46N6O5. The zero-order chi connectivity index (χ0) is 34.5. The molecule has 258 valence electrons. The van der Waals surface area contributed by atoms with E-state index in [0.29, 0.717) is 35.0 Å². The molecule has 1 aliphatic heterocycles. The third-order valence-electron chi connectivity index (χ3n) is 9.57. The van der Waals surface area contributed by atoms with E-state index in [1.54, 1.807) is 12.1 Å². The van der Waals surface area contributed by atoms with Crippen LogP contribution in [-0.2, 0) is 30.7 Å². The average Bonchev–Trinajstić information content (AvgIpc) is 3.53. The van der Waals surface area contributed by atoms with Crippen LogP contribution in [0.4, 0.5) is 5.69 Å². The Morgan fingerprint density at radius 2 is 1.92 bits per heavy atom.